The van der Waals surface area contributed by atoms with Gasteiger partial charge in [0.05, 0.1) is 25.2 Å². The molecule has 1 aliphatic rings. The minimum Gasteiger partial charge on any atom is -0.497 e. The van der Waals surface area contributed by atoms with Crippen LogP contribution >= 0.6 is 0 Å². The quantitative estimate of drug-likeness (QED) is 0.537. The number of nitrogens with one attached hydrogen (secondary N) is 3. The average molecular weight is 447 g/mol. The van der Waals surface area contributed by atoms with Crippen LogP contribution in [-0.4, -0.2) is 63.4 Å². The van der Waals surface area contributed by atoms with Crippen molar-refractivity contribution in [3.05, 3.63) is 60.2 Å². The largest absolute Gasteiger partial charge is 0.497 e. The molecule has 1 saturated heterocycles. The standard InChI is InChI=1S/C21H26N4O5S/c1-30-18-9-7-17(8-10-18)22-15-19(26)23-24-21(27)20(16-5-3-2-4-6-16)25-11-13-31(28,29)14-12-25/h2-10,20,22H,11-15H2,1H3,(H,23,26)(H,24,27). The molecule has 166 valence electrons. The van der Waals surface area contributed by atoms with E-state index in [1.165, 1.54) is 0 Å². The second-order valence-electron chi connectivity index (χ2n) is 7.12. The van der Waals surface area contributed by atoms with Crippen molar-refractivity contribution in [2.24, 2.45) is 0 Å². The van der Waals surface area contributed by atoms with Crippen molar-refractivity contribution < 1.29 is 22.7 Å². The van der Waals surface area contributed by atoms with Gasteiger partial charge in [0, 0.05) is 18.8 Å². The molecule has 9 nitrogen and oxygen atoms in total. The summed E-state index contributed by atoms with van der Waals surface area (Å²) in [5, 5.41) is 2.96. The van der Waals surface area contributed by atoms with Gasteiger partial charge in [0.2, 0.25) is 0 Å². The van der Waals surface area contributed by atoms with E-state index in [0.29, 0.717) is 5.75 Å². The van der Waals surface area contributed by atoms with E-state index in [4.69, 9.17) is 4.74 Å². The van der Waals surface area contributed by atoms with Gasteiger partial charge in [-0.05, 0) is 29.8 Å². The minimum absolute atomic E-state index is 0.00174. The molecule has 3 N–H and O–H groups in total. The number of hydrazine groups is 1. The Kier molecular flexibility index (Phi) is 7.48. The van der Waals surface area contributed by atoms with Gasteiger partial charge in [-0.25, -0.2) is 8.42 Å². The number of amides is 2. The maximum atomic E-state index is 12.9. The van der Waals surface area contributed by atoms with Crippen molar-refractivity contribution in [3.8, 4) is 5.75 Å². The molecule has 1 fully saturated rings. The molecule has 1 aliphatic heterocycles. The number of hydrogen-bond acceptors (Lipinski definition) is 7. The van der Waals surface area contributed by atoms with Crippen LogP contribution in [0, 0.1) is 0 Å². The summed E-state index contributed by atoms with van der Waals surface area (Å²) in [5.74, 6) is -0.135. The Morgan fingerprint density at radius 1 is 1.00 bits per heavy atom. The van der Waals surface area contributed by atoms with Gasteiger partial charge in [-0.1, -0.05) is 30.3 Å². The van der Waals surface area contributed by atoms with Gasteiger partial charge in [-0.3, -0.25) is 25.3 Å². The summed E-state index contributed by atoms with van der Waals surface area (Å²) < 4.78 is 28.6. The van der Waals surface area contributed by atoms with Gasteiger partial charge >= 0.3 is 0 Å². The number of ether oxygens (including phenoxy) is 1. The van der Waals surface area contributed by atoms with E-state index in [1.54, 1.807) is 43.5 Å². The van der Waals surface area contributed by atoms with E-state index in [0.717, 1.165) is 11.3 Å². The highest BCUT2D eigenvalue weighted by Crippen LogP contribution is 2.23. The zero-order valence-electron chi connectivity index (χ0n) is 17.2. The number of anilines is 1. The van der Waals surface area contributed by atoms with Crippen molar-refractivity contribution in [2.75, 3.05) is 43.6 Å². The molecule has 1 heterocycles. The molecule has 0 bridgehead atoms. The molecule has 10 heteroatoms. The first kappa shape index (κ1) is 22.6. The molecule has 1 atom stereocenters. The SMILES string of the molecule is COc1ccc(NCC(=O)NNC(=O)C(c2ccccc2)N2CCS(=O)(=O)CC2)cc1. The lowest BCUT2D eigenvalue weighted by atomic mass is 10.0. The van der Waals surface area contributed by atoms with E-state index < -0.39 is 27.7 Å². The molecule has 0 radical (unpaired) electrons. The summed E-state index contributed by atoms with van der Waals surface area (Å²) in [4.78, 5) is 26.9. The fourth-order valence-corrected chi connectivity index (χ4v) is 4.51. The van der Waals surface area contributed by atoms with Gasteiger partial charge in [0.1, 0.15) is 11.8 Å². The van der Waals surface area contributed by atoms with Crippen LogP contribution in [0.15, 0.2) is 54.6 Å². The lowest BCUT2D eigenvalue weighted by molar-refractivity contribution is -0.131. The molecular formula is C21H26N4O5S. The highest BCUT2D eigenvalue weighted by atomic mass is 32.2. The lowest BCUT2D eigenvalue weighted by Crippen LogP contribution is -2.52. The number of benzene rings is 2. The first-order valence-electron chi connectivity index (χ1n) is 9.84. The zero-order valence-corrected chi connectivity index (χ0v) is 18.0. The molecule has 2 amide bonds. The number of carbonyl (C=O) groups is 2. The van der Waals surface area contributed by atoms with Crippen LogP contribution in [-0.2, 0) is 19.4 Å². The average Bonchev–Trinajstić information content (AvgIpc) is 2.78. The molecule has 31 heavy (non-hydrogen) atoms. The molecule has 3 rings (SSSR count). The smallest absolute Gasteiger partial charge is 0.260 e. The van der Waals surface area contributed by atoms with Gasteiger partial charge in [0.25, 0.3) is 11.8 Å². The number of hydrogen-bond donors (Lipinski definition) is 3. The van der Waals surface area contributed by atoms with E-state index in [2.05, 4.69) is 16.2 Å². The van der Waals surface area contributed by atoms with Crippen molar-refractivity contribution in [1.82, 2.24) is 15.8 Å². The molecule has 0 saturated carbocycles. The Balaban J connectivity index is 1.57. The highest BCUT2D eigenvalue weighted by molar-refractivity contribution is 7.91. The number of rotatable bonds is 7. The van der Waals surface area contributed by atoms with Crippen LogP contribution in [0.1, 0.15) is 11.6 Å². The fraction of sp³-hybridized carbons (Fsp3) is 0.333. The minimum atomic E-state index is -3.08. The lowest BCUT2D eigenvalue weighted by Gasteiger charge is -2.33. The number of carbonyl (C=O) groups excluding carboxylic acids is 2. The topological polar surface area (TPSA) is 117 Å². The highest BCUT2D eigenvalue weighted by Gasteiger charge is 2.32. The Labute approximate surface area is 181 Å². The van der Waals surface area contributed by atoms with Crippen LogP contribution in [0.2, 0.25) is 0 Å². The monoisotopic (exact) mass is 446 g/mol. The van der Waals surface area contributed by atoms with Gasteiger partial charge in [0.15, 0.2) is 9.84 Å². The maximum absolute atomic E-state index is 12.9. The van der Waals surface area contributed by atoms with Gasteiger partial charge in [-0.2, -0.15) is 0 Å². The molecule has 1 unspecified atom stereocenters. The van der Waals surface area contributed by atoms with Crippen LogP contribution < -0.4 is 20.9 Å². The summed E-state index contributed by atoms with van der Waals surface area (Å²) in [7, 11) is -1.51. The third-order valence-electron chi connectivity index (χ3n) is 4.98. The molecule has 0 spiro atoms. The molecule has 2 aromatic carbocycles. The molecule has 2 aromatic rings. The van der Waals surface area contributed by atoms with Crippen LogP contribution in [0.3, 0.4) is 0 Å². The molecular weight excluding hydrogens is 420 g/mol. The fourth-order valence-electron chi connectivity index (χ4n) is 3.28. The number of nitrogens with zero attached hydrogens (tertiary/aromatic N) is 1. The Morgan fingerprint density at radius 2 is 1.65 bits per heavy atom. The Bertz CT molecular complexity index is 982. The predicted octanol–water partition coefficient (Wildman–Crippen LogP) is 0.726. The second kappa shape index (κ2) is 10.3. The predicted molar refractivity (Wildman–Crippen MR) is 117 cm³/mol. The van der Waals surface area contributed by atoms with E-state index in [9.17, 15) is 18.0 Å². The third kappa shape index (κ3) is 6.43. The summed E-state index contributed by atoms with van der Waals surface area (Å²) >= 11 is 0. The van der Waals surface area contributed by atoms with E-state index in [1.807, 2.05) is 23.1 Å². The van der Waals surface area contributed by atoms with Gasteiger partial charge in [-0.15, -0.1) is 0 Å². The normalized spacial score (nSPS) is 16.7. The maximum Gasteiger partial charge on any atom is 0.260 e. The summed E-state index contributed by atoms with van der Waals surface area (Å²) in [6.07, 6.45) is 0. The summed E-state index contributed by atoms with van der Waals surface area (Å²) in [6, 6.07) is 15.5. The van der Waals surface area contributed by atoms with E-state index in [-0.39, 0.29) is 31.1 Å². The Morgan fingerprint density at radius 3 is 2.26 bits per heavy atom. The summed E-state index contributed by atoms with van der Waals surface area (Å²) in [6.45, 7) is 0.467. The van der Waals surface area contributed by atoms with Crippen LogP contribution in [0.25, 0.3) is 0 Å². The second-order valence-corrected chi connectivity index (χ2v) is 9.42. The first-order valence-corrected chi connectivity index (χ1v) is 11.7. The number of methoxy groups -OCH3 is 1. The Hall–Kier alpha value is -3.11. The summed E-state index contributed by atoms with van der Waals surface area (Å²) in [5.41, 5.74) is 6.34. The van der Waals surface area contributed by atoms with Crippen LogP contribution in [0.4, 0.5) is 5.69 Å². The number of sulfone groups is 1. The van der Waals surface area contributed by atoms with Crippen molar-refractivity contribution >= 4 is 27.3 Å². The van der Waals surface area contributed by atoms with Crippen molar-refractivity contribution in [3.63, 3.8) is 0 Å². The zero-order chi connectivity index (χ0) is 22.3. The first-order chi connectivity index (χ1) is 14.9. The van der Waals surface area contributed by atoms with Crippen molar-refractivity contribution in [1.29, 1.82) is 0 Å². The molecule has 0 aromatic heterocycles. The van der Waals surface area contributed by atoms with Gasteiger partial charge < -0.3 is 10.1 Å². The van der Waals surface area contributed by atoms with Crippen molar-refractivity contribution in [2.45, 2.75) is 6.04 Å². The third-order valence-corrected chi connectivity index (χ3v) is 6.59. The van der Waals surface area contributed by atoms with Crippen LogP contribution in [0.5, 0.6) is 5.75 Å². The van der Waals surface area contributed by atoms with E-state index >= 15 is 0 Å². The molecule has 0 aliphatic carbocycles.